The fourth-order valence-electron chi connectivity index (χ4n) is 3.84. The van der Waals surface area contributed by atoms with Gasteiger partial charge in [0.05, 0.1) is 4.47 Å². The van der Waals surface area contributed by atoms with Gasteiger partial charge >= 0.3 is 0 Å². The third kappa shape index (κ3) is 7.34. The molecule has 1 N–H and O–H groups in total. The zero-order chi connectivity index (χ0) is 26.3. The maximum absolute atomic E-state index is 13.6. The molecule has 0 aromatic heterocycles. The Morgan fingerprint density at radius 2 is 1.69 bits per heavy atom. The molecule has 0 bridgehead atoms. The molecule has 0 aliphatic heterocycles. The van der Waals surface area contributed by atoms with Crippen molar-refractivity contribution in [2.24, 2.45) is 0 Å². The van der Waals surface area contributed by atoms with Crippen LogP contribution in [0.25, 0.3) is 0 Å². The van der Waals surface area contributed by atoms with E-state index in [1.165, 1.54) is 0 Å². The van der Waals surface area contributed by atoms with Gasteiger partial charge in [-0.2, -0.15) is 0 Å². The summed E-state index contributed by atoms with van der Waals surface area (Å²) in [6, 6.07) is 22.1. The van der Waals surface area contributed by atoms with E-state index in [0.717, 1.165) is 21.2 Å². The van der Waals surface area contributed by atoms with Crippen LogP contribution in [-0.2, 0) is 28.0 Å². The largest absolute Gasteiger partial charge is 0.483 e. The van der Waals surface area contributed by atoms with Crippen LogP contribution in [0.2, 0.25) is 5.02 Å². The summed E-state index contributed by atoms with van der Waals surface area (Å²) in [4.78, 5) is 28.1. The van der Waals surface area contributed by atoms with E-state index in [4.69, 9.17) is 16.3 Å². The fraction of sp³-hybridized carbons (Fsp3) is 0.310. The van der Waals surface area contributed by atoms with Gasteiger partial charge in [0, 0.05) is 25.0 Å². The molecule has 190 valence electrons. The minimum atomic E-state index is -0.739. The van der Waals surface area contributed by atoms with E-state index in [-0.39, 0.29) is 30.4 Å². The number of benzene rings is 3. The van der Waals surface area contributed by atoms with Gasteiger partial charge in [0.1, 0.15) is 11.8 Å². The first kappa shape index (κ1) is 27.8. The van der Waals surface area contributed by atoms with Crippen LogP contribution in [0, 0.1) is 0 Å². The van der Waals surface area contributed by atoms with Crippen LogP contribution >= 0.6 is 27.5 Å². The molecule has 0 radical (unpaired) electrons. The Bertz CT molecular complexity index is 1190. The Labute approximate surface area is 226 Å². The van der Waals surface area contributed by atoms with Crippen molar-refractivity contribution in [1.82, 2.24) is 10.2 Å². The Morgan fingerprint density at radius 1 is 1.03 bits per heavy atom. The first-order valence-electron chi connectivity index (χ1n) is 11.8. The second kappa shape index (κ2) is 12.4. The highest BCUT2D eigenvalue weighted by Gasteiger charge is 2.30. The summed E-state index contributed by atoms with van der Waals surface area (Å²) in [5.41, 5.74) is 2.84. The lowest BCUT2D eigenvalue weighted by molar-refractivity contribution is -0.142. The molecule has 0 saturated heterocycles. The van der Waals surface area contributed by atoms with Gasteiger partial charge in [0.15, 0.2) is 6.61 Å². The highest BCUT2D eigenvalue weighted by Crippen LogP contribution is 2.31. The van der Waals surface area contributed by atoms with Crippen LogP contribution in [0.15, 0.2) is 77.3 Å². The van der Waals surface area contributed by atoms with Crippen molar-refractivity contribution in [2.75, 3.05) is 13.7 Å². The van der Waals surface area contributed by atoms with Crippen molar-refractivity contribution >= 4 is 39.3 Å². The minimum Gasteiger partial charge on any atom is -0.483 e. The van der Waals surface area contributed by atoms with Gasteiger partial charge in [-0.15, -0.1) is 0 Å². The zero-order valence-corrected chi connectivity index (χ0v) is 23.4. The summed E-state index contributed by atoms with van der Waals surface area (Å²) < 4.78 is 6.70. The van der Waals surface area contributed by atoms with Gasteiger partial charge < -0.3 is 15.0 Å². The third-order valence-electron chi connectivity index (χ3n) is 5.97. The number of nitrogens with zero attached hydrogens (tertiary/aromatic N) is 1. The normalized spacial score (nSPS) is 12.1. The highest BCUT2D eigenvalue weighted by molar-refractivity contribution is 9.10. The van der Waals surface area contributed by atoms with Gasteiger partial charge in [-0.05, 0) is 56.2 Å². The number of carbonyl (C=O) groups excluding carboxylic acids is 2. The Hall–Kier alpha value is -2.83. The molecule has 0 unspecified atom stereocenters. The predicted molar refractivity (Wildman–Crippen MR) is 148 cm³/mol. The zero-order valence-electron chi connectivity index (χ0n) is 21.1. The molecule has 5 nitrogen and oxygen atoms in total. The molecule has 3 aromatic rings. The summed E-state index contributed by atoms with van der Waals surface area (Å²) in [6.07, 6.45) is 0.362. The summed E-state index contributed by atoms with van der Waals surface area (Å²) in [6.45, 7) is 6.36. The van der Waals surface area contributed by atoms with Crippen molar-refractivity contribution in [3.8, 4) is 5.75 Å². The second-order valence-corrected chi connectivity index (χ2v) is 10.9. The molecular formula is C29H32BrClN2O3. The van der Waals surface area contributed by atoms with E-state index in [1.807, 2.05) is 66.7 Å². The molecule has 3 rings (SSSR count). The molecule has 0 fully saturated rings. The van der Waals surface area contributed by atoms with E-state index >= 15 is 0 Å². The number of likely N-dealkylation sites (N-methyl/N-ethyl adjacent to an activating group) is 1. The lowest BCUT2D eigenvalue weighted by atomic mass is 9.87. The number of hydrogen-bond acceptors (Lipinski definition) is 3. The van der Waals surface area contributed by atoms with Crippen molar-refractivity contribution in [3.05, 3.63) is 99.0 Å². The van der Waals surface area contributed by atoms with Gasteiger partial charge in [-0.3, -0.25) is 9.59 Å². The van der Waals surface area contributed by atoms with E-state index in [0.29, 0.717) is 17.2 Å². The van der Waals surface area contributed by atoms with E-state index in [1.54, 1.807) is 18.0 Å². The minimum absolute atomic E-state index is 0.0131. The number of hydrogen-bond donors (Lipinski definition) is 1. The molecule has 0 spiro atoms. The predicted octanol–water partition coefficient (Wildman–Crippen LogP) is 6.16. The second-order valence-electron chi connectivity index (χ2n) is 9.62. The smallest absolute Gasteiger partial charge is 0.261 e. The van der Waals surface area contributed by atoms with Crippen LogP contribution in [0.4, 0.5) is 0 Å². The van der Waals surface area contributed by atoms with E-state index in [9.17, 15) is 9.59 Å². The standard InChI is InChI=1S/C29H32BrClN2O3/c1-29(2,3)22-14-15-26(23(30)17-22)36-19-27(34)33(18-21-12-8-9-13-24(21)31)25(28(35)32-4)16-20-10-6-5-7-11-20/h5-15,17,25H,16,18-19H2,1-4H3,(H,32,35)/t25-/m1/s1. The van der Waals surface area contributed by atoms with Crippen molar-refractivity contribution < 1.29 is 14.3 Å². The van der Waals surface area contributed by atoms with Crippen molar-refractivity contribution in [1.29, 1.82) is 0 Å². The molecule has 2 amide bonds. The molecule has 0 heterocycles. The first-order valence-corrected chi connectivity index (χ1v) is 13.0. The molecule has 36 heavy (non-hydrogen) atoms. The summed E-state index contributed by atoms with van der Waals surface area (Å²) in [7, 11) is 1.57. The van der Waals surface area contributed by atoms with Gasteiger partial charge in [-0.1, -0.05) is 87.0 Å². The van der Waals surface area contributed by atoms with Crippen LogP contribution in [0.5, 0.6) is 5.75 Å². The first-order chi connectivity index (χ1) is 17.1. The molecule has 0 saturated carbocycles. The summed E-state index contributed by atoms with van der Waals surface area (Å²) >= 11 is 9.99. The lowest BCUT2D eigenvalue weighted by Crippen LogP contribution is -2.51. The monoisotopic (exact) mass is 570 g/mol. The quantitative estimate of drug-likeness (QED) is 0.334. The van der Waals surface area contributed by atoms with Crippen LogP contribution in [0.1, 0.15) is 37.5 Å². The SMILES string of the molecule is CNC(=O)[C@@H](Cc1ccccc1)N(Cc1ccccc1Cl)C(=O)COc1ccc(C(C)(C)C)cc1Br. The van der Waals surface area contributed by atoms with Crippen LogP contribution in [0.3, 0.4) is 0 Å². The summed E-state index contributed by atoms with van der Waals surface area (Å²) in [5, 5.41) is 3.24. The maximum atomic E-state index is 13.6. The molecule has 0 aliphatic carbocycles. The van der Waals surface area contributed by atoms with Gasteiger partial charge in [0.25, 0.3) is 5.91 Å². The molecular weight excluding hydrogens is 540 g/mol. The Balaban J connectivity index is 1.88. The Kier molecular flexibility index (Phi) is 9.57. The Morgan fingerprint density at radius 3 is 2.31 bits per heavy atom. The van der Waals surface area contributed by atoms with Crippen molar-refractivity contribution in [3.63, 3.8) is 0 Å². The summed E-state index contributed by atoms with van der Waals surface area (Å²) in [5.74, 6) is -0.00480. The van der Waals surface area contributed by atoms with Crippen molar-refractivity contribution in [2.45, 2.75) is 45.2 Å². The fourth-order valence-corrected chi connectivity index (χ4v) is 4.53. The number of nitrogens with one attached hydrogen (secondary N) is 1. The molecule has 7 heteroatoms. The highest BCUT2D eigenvalue weighted by atomic mass is 79.9. The van der Waals surface area contributed by atoms with Crippen LogP contribution < -0.4 is 10.1 Å². The molecule has 3 aromatic carbocycles. The van der Waals surface area contributed by atoms with E-state index < -0.39 is 6.04 Å². The topological polar surface area (TPSA) is 58.6 Å². The lowest BCUT2D eigenvalue weighted by Gasteiger charge is -2.31. The number of rotatable bonds is 9. The maximum Gasteiger partial charge on any atom is 0.261 e. The number of carbonyl (C=O) groups is 2. The number of ether oxygens (including phenoxy) is 1. The number of halogens is 2. The number of amides is 2. The molecule has 1 atom stereocenters. The van der Waals surface area contributed by atoms with Crippen LogP contribution in [-0.4, -0.2) is 36.4 Å². The average molecular weight is 572 g/mol. The van der Waals surface area contributed by atoms with Gasteiger partial charge in [0.2, 0.25) is 5.91 Å². The van der Waals surface area contributed by atoms with E-state index in [2.05, 4.69) is 42.0 Å². The average Bonchev–Trinajstić information content (AvgIpc) is 2.85. The molecule has 0 aliphatic rings. The third-order valence-corrected chi connectivity index (χ3v) is 6.95. The van der Waals surface area contributed by atoms with Gasteiger partial charge in [-0.25, -0.2) is 0 Å².